The molecule has 0 unspecified atom stereocenters. The molecule has 0 bridgehead atoms. The highest BCUT2D eigenvalue weighted by Gasteiger charge is 2.41. The summed E-state index contributed by atoms with van der Waals surface area (Å²) in [4.78, 5) is 12.7. The van der Waals surface area contributed by atoms with Crippen molar-refractivity contribution in [3.63, 3.8) is 0 Å². The number of ether oxygens (including phenoxy) is 2. The number of hydrogen-bond acceptors (Lipinski definition) is 3. The maximum atomic E-state index is 12.7. The van der Waals surface area contributed by atoms with Crippen molar-refractivity contribution in [1.82, 2.24) is 0 Å². The van der Waals surface area contributed by atoms with Crippen molar-refractivity contribution in [1.29, 1.82) is 0 Å². The fourth-order valence-electron chi connectivity index (χ4n) is 3.41. The zero-order chi connectivity index (χ0) is 15.9. The SMILES string of the molecule is [B]c1cccc(-c2ccc3c(c2)C(=O)CC2(CCOCC2)O3)c1. The van der Waals surface area contributed by atoms with Crippen molar-refractivity contribution in [3.8, 4) is 16.9 Å². The largest absolute Gasteiger partial charge is 0.486 e. The van der Waals surface area contributed by atoms with Gasteiger partial charge in [-0.15, -0.1) is 0 Å². The summed E-state index contributed by atoms with van der Waals surface area (Å²) in [6.07, 6.45) is 1.98. The Hall–Kier alpha value is -2.07. The predicted molar refractivity (Wildman–Crippen MR) is 89.6 cm³/mol. The lowest BCUT2D eigenvalue weighted by molar-refractivity contribution is -0.0504. The number of rotatable bonds is 1. The van der Waals surface area contributed by atoms with Crippen LogP contribution in [0.15, 0.2) is 42.5 Å². The first-order valence-corrected chi connectivity index (χ1v) is 7.95. The minimum atomic E-state index is -0.374. The lowest BCUT2D eigenvalue weighted by Crippen LogP contribution is -2.46. The second-order valence-corrected chi connectivity index (χ2v) is 6.33. The van der Waals surface area contributed by atoms with E-state index in [0.717, 1.165) is 24.0 Å². The molecule has 2 aliphatic rings. The van der Waals surface area contributed by atoms with Crippen LogP contribution < -0.4 is 10.2 Å². The molecular formula is C19H17BO3. The molecule has 2 aliphatic heterocycles. The van der Waals surface area contributed by atoms with Crippen LogP contribution in [0.25, 0.3) is 11.1 Å². The van der Waals surface area contributed by atoms with E-state index in [1.54, 1.807) is 0 Å². The number of carbonyl (C=O) groups is 1. The number of benzene rings is 2. The highest BCUT2D eigenvalue weighted by Crippen LogP contribution is 2.40. The third-order valence-corrected chi connectivity index (χ3v) is 4.71. The maximum absolute atomic E-state index is 12.7. The summed E-state index contributed by atoms with van der Waals surface area (Å²) in [5.74, 6) is 0.842. The Labute approximate surface area is 137 Å². The quantitative estimate of drug-likeness (QED) is 0.760. The summed E-state index contributed by atoms with van der Waals surface area (Å²) in [7, 11) is 5.85. The molecule has 4 heteroatoms. The highest BCUT2D eigenvalue weighted by molar-refractivity contribution is 6.32. The lowest BCUT2D eigenvalue weighted by Gasteiger charge is -2.40. The number of fused-ring (bicyclic) bond motifs is 1. The van der Waals surface area contributed by atoms with Gasteiger partial charge in [-0.25, -0.2) is 0 Å². The van der Waals surface area contributed by atoms with Crippen LogP contribution in [-0.4, -0.2) is 32.4 Å². The Morgan fingerprint density at radius 3 is 2.57 bits per heavy atom. The van der Waals surface area contributed by atoms with E-state index < -0.39 is 0 Å². The Kier molecular flexibility index (Phi) is 3.49. The fraction of sp³-hybridized carbons (Fsp3) is 0.316. The van der Waals surface area contributed by atoms with Crippen LogP contribution in [-0.2, 0) is 4.74 Å². The minimum Gasteiger partial charge on any atom is -0.486 e. The number of Topliss-reactive ketones (excluding diaryl/α,β-unsaturated/α-hetero) is 1. The zero-order valence-corrected chi connectivity index (χ0v) is 12.9. The molecule has 2 aromatic rings. The van der Waals surface area contributed by atoms with Gasteiger partial charge in [-0.3, -0.25) is 4.79 Å². The van der Waals surface area contributed by atoms with Crippen LogP contribution in [0.2, 0.25) is 0 Å². The average Bonchev–Trinajstić information content (AvgIpc) is 2.55. The summed E-state index contributed by atoms with van der Waals surface area (Å²) in [6.45, 7) is 1.31. The normalized spacial score (nSPS) is 19.2. The molecule has 0 atom stereocenters. The van der Waals surface area contributed by atoms with E-state index in [-0.39, 0.29) is 11.4 Å². The van der Waals surface area contributed by atoms with Crippen LogP contribution in [0.4, 0.5) is 0 Å². The second kappa shape index (κ2) is 5.53. The number of hydrogen-bond donors (Lipinski definition) is 0. The maximum Gasteiger partial charge on any atom is 0.170 e. The van der Waals surface area contributed by atoms with Crippen molar-refractivity contribution in [2.45, 2.75) is 24.9 Å². The van der Waals surface area contributed by atoms with Gasteiger partial charge >= 0.3 is 0 Å². The summed E-state index contributed by atoms with van der Waals surface area (Å²) < 4.78 is 11.6. The highest BCUT2D eigenvalue weighted by atomic mass is 16.5. The van der Waals surface area contributed by atoms with Gasteiger partial charge in [0.1, 0.15) is 19.2 Å². The fourth-order valence-corrected chi connectivity index (χ4v) is 3.41. The van der Waals surface area contributed by atoms with Gasteiger partial charge in [-0.2, -0.15) is 0 Å². The van der Waals surface area contributed by atoms with Crippen LogP contribution in [0.5, 0.6) is 5.75 Å². The standard InChI is InChI=1S/C19H17BO3/c20-15-3-1-2-13(10-15)14-4-5-18-16(11-14)17(21)12-19(23-18)6-8-22-9-7-19/h1-5,10-11H,6-9,12H2. The Bertz CT molecular complexity index is 763. The van der Waals surface area contributed by atoms with Crippen molar-refractivity contribution in [2.75, 3.05) is 13.2 Å². The number of carbonyl (C=O) groups excluding carboxylic acids is 1. The molecule has 23 heavy (non-hydrogen) atoms. The molecule has 1 spiro atoms. The van der Waals surface area contributed by atoms with Crippen molar-refractivity contribution in [3.05, 3.63) is 48.0 Å². The van der Waals surface area contributed by atoms with E-state index in [1.165, 1.54) is 0 Å². The van der Waals surface area contributed by atoms with E-state index in [4.69, 9.17) is 17.3 Å². The van der Waals surface area contributed by atoms with Gasteiger partial charge in [-0.05, 0) is 23.3 Å². The van der Waals surface area contributed by atoms with E-state index in [2.05, 4.69) is 0 Å². The molecule has 1 fully saturated rings. The average molecular weight is 304 g/mol. The van der Waals surface area contributed by atoms with Crippen molar-refractivity contribution in [2.24, 2.45) is 0 Å². The summed E-state index contributed by atoms with van der Waals surface area (Å²) in [5, 5.41) is 0. The molecule has 2 radical (unpaired) electrons. The summed E-state index contributed by atoms with van der Waals surface area (Å²) in [5.41, 5.74) is 3.00. The molecule has 2 aromatic carbocycles. The predicted octanol–water partition coefficient (Wildman–Crippen LogP) is 2.66. The molecule has 114 valence electrons. The lowest BCUT2D eigenvalue weighted by atomic mass is 9.83. The van der Waals surface area contributed by atoms with Gasteiger partial charge in [0.25, 0.3) is 0 Å². The molecule has 4 rings (SSSR count). The second-order valence-electron chi connectivity index (χ2n) is 6.33. The van der Waals surface area contributed by atoms with Gasteiger partial charge in [-0.1, -0.05) is 35.8 Å². The molecular weight excluding hydrogens is 287 g/mol. The van der Waals surface area contributed by atoms with Crippen molar-refractivity contribution < 1.29 is 14.3 Å². The third kappa shape index (κ3) is 2.68. The van der Waals surface area contributed by atoms with Gasteiger partial charge in [0.2, 0.25) is 0 Å². The van der Waals surface area contributed by atoms with Gasteiger partial charge < -0.3 is 9.47 Å². The minimum absolute atomic E-state index is 0.152. The zero-order valence-electron chi connectivity index (χ0n) is 12.9. The van der Waals surface area contributed by atoms with Gasteiger partial charge in [0.15, 0.2) is 5.78 Å². The smallest absolute Gasteiger partial charge is 0.170 e. The van der Waals surface area contributed by atoms with Crippen LogP contribution >= 0.6 is 0 Å². The van der Waals surface area contributed by atoms with E-state index in [1.807, 2.05) is 42.5 Å². The van der Waals surface area contributed by atoms with E-state index in [9.17, 15) is 4.79 Å². The first-order valence-electron chi connectivity index (χ1n) is 7.95. The molecule has 3 nitrogen and oxygen atoms in total. The van der Waals surface area contributed by atoms with Crippen LogP contribution in [0.1, 0.15) is 29.6 Å². The Morgan fingerprint density at radius 1 is 1.00 bits per heavy atom. The molecule has 0 N–H and O–H groups in total. The Balaban J connectivity index is 1.70. The van der Waals surface area contributed by atoms with E-state index in [0.29, 0.717) is 36.4 Å². The third-order valence-electron chi connectivity index (χ3n) is 4.71. The van der Waals surface area contributed by atoms with Crippen LogP contribution in [0.3, 0.4) is 0 Å². The summed E-state index contributed by atoms with van der Waals surface area (Å²) in [6, 6.07) is 13.5. The van der Waals surface area contributed by atoms with Gasteiger partial charge in [0, 0.05) is 12.8 Å². The van der Waals surface area contributed by atoms with Crippen LogP contribution in [0, 0.1) is 0 Å². The molecule has 0 aromatic heterocycles. The Morgan fingerprint density at radius 2 is 1.78 bits per heavy atom. The van der Waals surface area contributed by atoms with Crippen molar-refractivity contribution >= 4 is 19.1 Å². The van der Waals surface area contributed by atoms with E-state index >= 15 is 0 Å². The molecule has 0 amide bonds. The molecule has 1 saturated heterocycles. The number of ketones is 1. The summed E-state index contributed by atoms with van der Waals surface area (Å²) >= 11 is 0. The monoisotopic (exact) mass is 304 g/mol. The topological polar surface area (TPSA) is 35.5 Å². The molecule has 0 aliphatic carbocycles. The first-order chi connectivity index (χ1) is 11.2. The first kappa shape index (κ1) is 14.5. The molecule has 0 saturated carbocycles. The molecule has 2 heterocycles. The van der Waals surface area contributed by atoms with Gasteiger partial charge in [0.05, 0.1) is 25.2 Å².